The van der Waals surface area contributed by atoms with E-state index < -0.39 is 0 Å². The van der Waals surface area contributed by atoms with E-state index in [0.717, 1.165) is 27.8 Å². The van der Waals surface area contributed by atoms with Crippen molar-refractivity contribution >= 4 is 28.8 Å². The number of aryl methyl sites for hydroxylation is 1. The molecule has 1 aromatic carbocycles. The molecule has 1 N–H and O–H groups in total. The lowest BCUT2D eigenvalue weighted by Gasteiger charge is -2.16. The lowest BCUT2D eigenvalue weighted by molar-refractivity contribution is 0.0946. The molecule has 0 saturated carbocycles. The van der Waals surface area contributed by atoms with Crippen LogP contribution in [0.5, 0.6) is 0 Å². The van der Waals surface area contributed by atoms with Crippen LogP contribution in [0.1, 0.15) is 38.9 Å². The zero-order valence-corrected chi connectivity index (χ0v) is 13.5. The summed E-state index contributed by atoms with van der Waals surface area (Å²) in [5.74, 6) is -0.157. The number of carbonyl (C=O) groups excluding carboxylic acids is 1. The molecule has 5 nitrogen and oxygen atoms in total. The number of benzene rings is 1. The lowest BCUT2D eigenvalue weighted by Crippen LogP contribution is -2.29. The molecule has 0 radical (unpaired) electrons. The van der Waals surface area contributed by atoms with Crippen molar-refractivity contribution in [3.63, 3.8) is 0 Å². The highest BCUT2D eigenvalue weighted by molar-refractivity contribution is 7.09. The van der Waals surface area contributed by atoms with Gasteiger partial charge < -0.3 is 5.32 Å². The van der Waals surface area contributed by atoms with Gasteiger partial charge in [-0.25, -0.2) is 4.98 Å². The number of nitrogens with zero attached hydrogens (tertiary/aromatic N) is 3. The van der Waals surface area contributed by atoms with E-state index in [-0.39, 0.29) is 11.9 Å². The van der Waals surface area contributed by atoms with Crippen LogP contribution in [0.25, 0.3) is 0 Å². The fraction of sp³-hybridized carbons (Fsp3) is 0.200. The third kappa shape index (κ3) is 3.05. The maximum atomic E-state index is 12.6. The second-order valence-electron chi connectivity index (χ2n) is 4.59. The summed E-state index contributed by atoms with van der Waals surface area (Å²) < 4.78 is 3.87. The van der Waals surface area contributed by atoms with Gasteiger partial charge >= 0.3 is 0 Å². The Balaban J connectivity index is 1.90. The van der Waals surface area contributed by atoms with E-state index in [2.05, 4.69) is 19.9 Å². The van der Waals surface area contributed by atoms with Gasteiger partial charge in [-0.1, -0.05) is 41.7 Å². The van der Waals surface area contributed by atoms with Crippen LogP contribution in [0.3, 0.4) is 0 Å². The molecule has 0 fully saturated rings. The zero-order chi connectivity index (χ0) is 15.4. The van der Waals surface area contributed by atoms with Crippen LogP contribution in [0, 0.1) is 0 Å². The number of aromatic nitrogens is 3. The van der Waals surface area contributed by atoms with Crippen LogP contribution in [0.15, 0.2) is 41.9 Å². The monoisotopic (exact) mass is 330 g/mol. The molecular formula is C15H14N4OS2. The number of rotatable bonds is 5. The highest BCUT2D eigenvalue weighted by Gasteiger charge is 2.22. The van der Waals surface area contributed by atoms with Gasteiger partial charge in [0.2, 0.25) is 0 Å². The molecule has 0 aliphatic rings. The molecule has 0 bridgehead atoms. The first-order valence-electron chi connectivity index (χ1n) is 6.86. The highest BCUT2D eigenvalue weighted by atomic mass is 32.1. The molecule has 112 valence electrons. The van der Waals surface area contributed by atoms with Crippen molar-refractivity contribution in [1.82, 2.24) is 19.9 Å². The fourth-order valence-corrected chi connectivity index (χ4v) is 3.49. The average Bonchev–Trinajstić information content (AvgIpc) is 3.24. The highest BCUT2D eigenvalue weighted by Crippen LogP contribution is 2.24. The van der Waals surface area contributed by atoms with Gasteiger partial charge in [0.05, 0.1) is 5.69 Å². The number of thiazole rings is 1. The van der Waals surface area contributed by atoms with Crippen molar-refractivity contribution in [2.45, 2.75) is 19.4 Å². The Morgan fingerprint density at radius 3 is 2.82 bits per heavy atom. The maximum Gasteiger partial charge on any atom is 0.265 e. The topological polar surface area (TPSA) is 67.8 Å². The van der Waals surface area contributed by atoms with Crippen LogP contribution in [0.2, 0.25) is 0 Å². The van der Waals surface area contributed by atoms with Crippen LogP contribution >= 0.6 is 22.9 Å². The largest absolute Gasteiger partial charge is 0.338 e. The fourth-order valence-electron chi connectivity index (χ4n) is 2.12. The van der Waals surface area contributed by atoms with Gasteiger partial charge in [0.1, 0.15) is 15.9 Å². The molecule has 0 spiro atoms. The Bertz CT molecular complexity index is 740. The smallest absolute Gasteiger partial charge is 0.265 e. The molecule has 2 heterocycles. The Labute approximate surface area is 136 Å². The number of hydrogen-bond donors (Lipinski definition) is 1. The third-order valence-electron chi connectivity index (χ3n) is 3.20. The quantitative estimate of drug-likeness (QED) is 0.780. The van der Waals surface area contributed by atoms with Crippen LogP contribution in [-0.4, -0.2) is 20.5 Å². The number of hydrogen-bond acceptors (Lipinski definition) is 6. The molecule has 0 aliphatic carbocycles. The van der Waals surface area contributed by atoms with Gasteiger partial charge in [0.15, 0.2) is 0 Å². The Morgan fingerprint density at radius 2 is 2.14 bits per heavy atom. The Hall–Kier alpha value is -2.12. The minimum absolute atomic E-state index is 0.157. The molecule has 1 unspecified atom stereocenters. The first kappa shape index (κ1) is 14.8. The predicted octanol–water partition coefficient (Wildman–Crippen LogP) is 3.08. The van der Waals surface area contributed by atoms with Crippen LogP contribution in [0.4, 0.5) is 0 Å². The predicted molar refractivity (Wildman–Crippen MR) is 87.2 cm³/mol. The zero-order valence-electron chi connectivity index (χ0n) is 11.9. The van der Waals surface area contributed by atoms with Gasteiger partial charge in [-0.2, -0.15) is 0 Å². The van der Waals surface area contributed by atoms with Crippen molar-refractivity contribution in [3.8, 4) is 0 Å². The SMILES string of the molecule is CCc1nnsc1C(=O)NC(c1ccccc1)c1nccs1. The van der Waals surface area contributed by atoms with E-state index in [0.29, 0.717) is 11.3 Å². The molecule has 0 saturated heterocycles. The van der Waals surface area contributed by atoms with Crippen molar-refractivity contribution < 1.29 is 4.79 Å². The van der Waals surface area contributed by atoms with Crippen molar-refractivity contribution in [1.29, 1.82) is 0 Å². The van der Waals surface area contributed by atoms with E-state index in [1.807, 2.05) is 42.6 Å². The normalized spacial score (nSPS) is 12.0. The molecule has 0 aliphatic heterocycles. The molecule has 3 rings (SSSR count). The van der Waals surface area contributed by atoms with Gasteiger partial charge in [-0.3, -0.25) is 4.79 Å². The molecule has 2 aromatic heterocycles. The summed E-state index contributed by atoms with van der Waals surface area (Å²) in [7, 11) is 0. The second-order valence-corrected chi connectivity index (χ2v) is 6.27. The maximum absolute atomic E-state index is 12.6. The van der Waals surface area contributed by atoms with Gasteiger partial charge in [0, 0.05) is 11.6 Å². The first-order valence-corrected chi connectivity index (χ1v) is 8.51. The van der Waals surface area contributed by atoms with E-state index in [4.69, 9.17) is 0 Å². The minimum atomic E-state index is -0.263. The molecule has 22 heavy (non-hydrogen) atoms. The minimum Gasteiger partial charge on any atom is -0.338 e. The summed E-state index contributed by atoms with van der Waals surface area (Å²) in [5.41, 5.74) is 1.73. The lowest BCUT2D eigenvalue weighted by atomic mass is 10.1. The summed E-state index contributed by atoms with van der Waals surface area (Å²) in [5, 5.41) is 9.81. The van der Waals surface area contributed by atoms with Crippen LogP contribution in [-0.2, 0) is 6.42 Å². The van der Waals surface area contributed by atoms with Crippen molar-refractivity contribution in [2.75, 3.05) is 0 Å². The molecule has 1 amide bonds. The number of amides is 1. The van der Waals surface area contributed by atoms with Crippen molar-refractivity contribution in [2.24, 2.45) is 0 Å². The molecule has 7 heteroatoms. The van der Waals surface area contributed by atoms with E-state index in [1.165, 1.54) is 11.3 Å². The third-order valence-corrected chi connectivity index (χ3v) is 4.81. The standard InChI is InChI=1S/C15H14N4OS2/c1-2-11-13(22-19-18-11)14(20)17-12(15-16-8-9-21-15)10-6-4-3-5-7-10/h3-9,12H,2H2,1H3,(H,17,20). The Kier molecular flexibility index (Phi) is 4.55. The first-order chi connectivity index (χ1) is 10.8. The molecular weight excluding hydrogens is 316 g/mol. The van der Waals surface area contributed by atoms with Gasteiger partial charge in [-0.15, -0.1) is 16.4 Å². The van der Waals surface area contributed by atoms with E-state index >= 15 is 0 Å². The number of carbonyl (C=O) groups is 1. The van der Waals surface area contributed by atoms with Gasteiger partial charge in [-0.05, 0) is 23.5 Å². The second kappa shape index (κ2) is 6.76. The summed E-state index contributed by atoms with van der Waals surface area (Å²) in [6.07, 6.45) is 2.43. The summed E-state index contributed by atoms with van der Waals surface area (Å²) >= 11 is 2.65. The van der Waals surface area contributed by atoms with Gasteiger partial charge in [0.25, 0.3) is 5.91 Å². The van der Waals surface area contributed by atoms with E-state index in [9.17, 15) is 4.79 Å². The van der Waals surface area contributed by atoms with Crippen LogP contribution < -0.4 is 5.32 Å². The Morgan fingerprint density at radius 1 is 1.32 bits per heavy atom. The molecule has 3 aromatic rings. The summed E-state index contributed by atoms with van der Waals surface area (Å²) in [6.45, 7) is 1.96. The molecule has 1 atom stereocenters. The summed E-state index contributed by atoms with van der Waals surface area (Å²) in [4.78, 5) is 17.5. The summed E-state index contributed by atoms with van der Waals surface area (Å²) in [6, 6.07) is 9.56. The number of nitrogens with one attached hydrogen (secondary N) is 1. The average molecular weight is 330 g/mol. The van der Waals surface area contributed by atoms with Crippen molar-refractivity contribution in [3.05, 3.63) is 63.1 Å². The van der Waals surface area contributed by atoms with E-state index in [1.54, 1.807) is 6.20 Å².